The Morgan fingerprint density at radius 3 is 3.15 bits per heavy atom. The summed E-state index contributed by atoms with van der Waals surface area (Å²) in [6, 6.07) is 0. The van der Waals surface area contributed by atoms with Crippen LogP contribution in [0.1, 0.15) is 26.2 Å². The molecule has 0 aromatic heterocycles. The van der Waals surface area contributed by atoms with Gasteiger partial charge in [0.2, 0.25) is 0 Å². The number of carbonyl (C=O) groups is 1. The summed E-state index contributed by atoms with van der Waals surface area (Å²) in [6.45, 7) is 4.54. The Balaban J connectivity index is 2.11. The Morgan fingerprint density at radius 1 is 1.69 bits per heavy atom. The molecule has 1 aliphatic rings. The summed E-state index contributed by atoms with van der Waals surface area (Å²) >= 11 is 0. The molecule has 1 fully saturated rings. The van der Waals surface area contributed by atoms with Gasteiger partial charge >= 0.3 is 6.09 Å². The maximum absolute atomic E-state index is 11.1. The van der Waals surface area contributed by atoms with E-state index < -0.39 is 0 Å². The standard InChI is InChI=1S/C9H18N2O2/c1-2-5-11-9(12)13-8-4-3-6-10-7-8/h8,10H,2-7H2,1H3,(H,11,12). The van der Waals surface area contributed by atoms with Crippen molar-refractivity contribution < 1.29 is 9.53 Å². The number of alkyl carbamates (subject to hydrolysis) is 1. The predicted octanol–water partition coefficient (Wildman–Crippen LogP) is 0.875. The first-order valence-corrected chi connectivity index (χ1v) is 4.98. The molecule has 0 bridgehead atoms. The van der Waals surface area contributed by atoms with Gasteiger partial charge in [-0.05, 0) is 25.8 Å². The van der Waals surface area contributed by atoms with Gasteiger partial charge in [-0.25, -0.2) is 4.79 Å². The molecule has 0 saturated carbocycles. The van der Waals surface area contributed by atoms with Crippen LogP contribution in [0, 0.1) is 0 Å². The molecule has 4 nitrogen and oxygen atoms in total. The van der Waals surface area contributed by atoms with Gasteiger partial charge in [0.15, 0.2) is 0 Å². The molecule has 0 spiro atoms. The Bertz CT molecular complexity index is 156. The lowest BCUT2D eigenvalue weighted by Crippen LogP contribution is -2.39. The SMILES string of the molecule is CCCNC(=O)OC1CCCNC1. The molecule has 1 atom stereocenters. The largest absolute Gasteiger partial charge is 0.445 e. The molecule has 0 aliphatic carbocycles. The quantitative estimate of drug-likeness (QED) is 0.687. The molecule has 76 valence electrons. The number of nitrogens with one attached hydrogen (secondary N) is 2. The molecule has 1 aliphatic heterocycles. The van der Waals surface area contributed by atoms with E-state index >= 15 is 0 Å². The highest BCUT2D eigenvalue weighted by molar-refractivity contribution is 5.67. The second-order valence-electron chi connectivity index (χ2n) is 3.30. The molecule has 0 radical (unpaired) electrons. The fraction of sp³-hybridized carbons (Fsp3) is 0.889. The summed E-state index contributed by atoms with van der Waals surface area (Å²) in [7, 11) is 0. The first kappa shape index (κ1) is 10.3. The molecule has 0 aromatic carbocycles. The molecule has 1 unspecified atom stereocenters. The summed E-state index contributed by atoms with van der Waals surface area (Å²) in [6.07, 6.45) is 2.79. The molecular formula is C9H18N2O2. The Hall–Kier alpha value is -0.770. The van der Waals surface area contributed by atoms with E-state index in [2.05, 4.69) is 10.6 Å². The molecule has 1 amide bonds. The summed E-state index contributed by atoms with van der Waals surface area (Å²) in [5.41, 5.74) is 0. The summed E-state index contributed by atoms with van der Waals surface area (Å²) in [5.74, 6) is 0. The van der Waals surface area contributed by atoms with E-state index in [1.54, 1.807) is 0 Å². The van der Waals surface area contributed by atoms with Gasteiger partial charge in [0.1, 0.15) is 6.10 Å². The maximum atomic E-state index is 11.1. The van der Waals surface area contributed by atoms with Crippen LogP contribution >= 0.6 is 0 Å². The number of ether oxygens (including phenoxy) is 1. The molecule has 0 aromatic rings. The summed E-state index contributed by atoms with van der Waals surface area (Å²) in [5, 5.41) is 5.88. The second-order valence-corrected chi connectivity index (χ2v) is 3.30. The monoisotopic (exact) mass is 186 g/mol. The van der Waals surface area contributed by atoms with Crippen molar-refractivity contribution in [2.24, 2.45) is 0 Å². The fourth-order valence-electron chi connectivity index (χ4n) is 1.34. The van der Waals surface area contributed by atoms with Crippen LogP contribution in [0.15, 0.2) is 0 Å². The van der Waals surface area contributed by atoms with Crippen molar-refractivity contribution in [3.05, 3.63) is 0 Å². The molecule has 1 saturated heterocycles. The fourth-order valence-corrected chi connectivity index (χ4v) is 1.34. The van der Waals surface area contributed by atoms with Crippen LogP contribution in [-0.4, -0.2) is 31.8 Å². The molecule has 2 N–H and O–H groups in total. The van der Waals surface area contributed by atoms with Crippen LogP contribution in [0.5, 0.6) is 0 Å². The third-order valence-electron chi connectivity index (χ3n) is 2.04. The Kier molecular flexibility index (Phi) is 4.60. The lowest BCUT2D eigenvalue weighted by atomic mass is 10.1. The van der Waals surface area contributed by atoms with Crippen LogP contribution in [0.2, 0.25) is 0 Å². The highest BCUT2D eigenvalue weighted by atomic mass is 16.6. The highest BCUT2D eigenvalue weighted by Crippen LogP contribution is 2.05. The molecular weight excluding hydrogens is 168 g/mol. The zero-order chi connectivity index (χ0) is 9.52. The van der Waals surface area contributed by atoms with Crippen LogP contribution in [0.3, 0.4) is 0 Å². The normalized spacial score (nSPS) is 22.4. The zero-order valence-corrected chi connectivity index (χ0v) is 8.14. The average molecular weight is 186 g/mol. The maximum Gasteiger partial charge on any atom is 0.407 e. The summed E-state index contributed by atoms with van der Waals surface area (Å²) < 4.78 is 5.18. The van der Waals surface area contributed by atoms with E-state index in [0.29, 0.717) is 6.54 Å². The van der Waals surface area contributed by atoms with E-state index in [9.17, 15) is 4.79 Å². The van der Waals surface area contributed by atoms with Gasteiger partial charge in [0.05, 0.1) is 0 Å². The van der Waals surface area contributed by atoms with Crippen molar-refractivity contribution >= 4 is 6.09 Å². The van der Waals surface area contributed by atoms with E-state index in [-0.39, 0.29) is 12.2 Å². The first-order valence-electron chi connectivity index (χ1n) is 4.98. The minimum Gasteiger partial charge on any atom is -0.445 e. The third kappa shape index (κ3) is 4.12. The molecule has 1 rings (SSSR count). The van der Waals surface area contributed by atoms with Crippen molar-refractivity contribution in [3.8, 4) is 0 Å². The van der Waals surface area contributed by atoms with Crippen LogP contribution in [-0.2, 0) is 4.74 Å². The highest BCUT2D eigenvalue weighted by Gasteiger charge is 2.16. The van der Waals surface area contributed by atoms with E-state index in [0.717, 1.165) is 32.4 Å². The van der Waals surface area contributed by atoms with Crippen molar-refractivity contribution in [3.63, 3.8) is 0 Å². The van der Waals surface area contributed by atoms with Gasteiger partial charge in [-0.2, -0.15) is 0 Å². The molecule has 1 heterocycles. The first-order chi connectivity index (χ1) is 6.33. The topological polar surface area (TPSA) is 50.4 Å². The lowest BCUT2D eigenvalue weighted by molar-refractivity contribution is 0.0826. The third-order valence-corrected chi connectivity index (χ3v) is 2.04. The van der Waals surface area contributed by atoms with Gasteiger partial charge in [-0.1, -0.05) is 6.92 Å². The summed E-state index contributed by atoms with van der Waals surface area (Å²) in [4.78, 5) is 11.1. The van der Waals surface area contributed by atoms with Gasteiger partial charge in [-0.3, -0.25) is 0 Å². The van der Waals surface area contributed by atoms with Crippen molar-refractivity contribution in [2.45, 2.75) is 32.3 Å². The van der Waals surface area contributed by atoms with Gasteiger partial charge in [0, 0.05) is 13.1 Å². The number of piperidine rings is 1. The number of amides is 1. The lowest BCUT2D eigenvalue weighted by Gasteiger charge is -2.22. The average Bonchev–Trinajstić information content (AvgIpc) is 2.16. The minimum atomic E-state index is -0.282. The van der Waals surface area contributed by atoms with Gasteiger partial charge in [-0.15, -0.1) is 0 Å². The van der Waals surface area contributed by atoms with Gasteiger partial charge in [0.25, 0.3) is 0 Å². The number of hydrogen-bond acceptors (Lipinski definition) is 3. The smallest absolute Gasteiger partial charge is 0.407 e. The van der Waals surface area contributed by atoms with E-state index in [1.165, 1.54) is 0 Å². The van der Waals surface area contributed by atoms with Crippen LogP contribution in [0.25, 0.3) is 0 Å². The van der Waals surface area contributed by atoms with Crippen LogP contribution in [0.4, 0.5) is 4.79 Å². The molecule has 13 heavy (non-hydrogen) atoms. The Morgan fingerprint density at radius 2 is 2.54 bits per heavy atom. The molecule has 4 heteroatoms. The van der Waals surface area contributed by atoms with Crippen molar-refractivity contribution in [1.82, 2.24) is 10.6 Å². The van der Waals surface area contributed by atoms with Crippen molar-refractivity contribution in [2.75, 3.05) is 19.6 Å². The second kappa shape index (κ2) is 5.80. The van der Waals surface area contributed by atoms with Crippen molar-refractivity contribution in [1.29, 1.82) is 0 Å². The number of carbonyl (C=O) groups excluding carboxylic acids is 1. The minimum absolute atomic E-state index is 0.0607. The van der Waals surface area contributed by atoms with Crippen LogP contribution < -0.4 is 10.6 Å². The predicted molar refractivity (Wildman–Crippen MR) is 50.7 cm³/mol. The van der Waals surface area contributed by atoms with E-state index in [1.807, 2.05) is 6.92 Å². The number of hydrogen-bond donors (Lipinski definition) is 2. The van der Waals surface area contributed by atoms with Gasteiger partial charge < -0.3 is 15.4 Å². The van der Waals surface area contributed by atoms with E-state index in [4.69, 9.17) is 4.74 Å². The number of rotatable bonds is 3. The Labute approximate surface area is 79.0 Å². The zero-order valence-electron chi connectivity index (χ0n) is 8.14.